The molecule has 5 nitrogen and oxygen atoms in total. The van der Waals surface area contributed by atoms with Crippen LogP contribution in [0.5, 0.6) is 0 Å². The van der Waals surface area contributed by atoms with E-state index >= 15 is 0 Å². The molecule has 0 radical (unpaired) electrons. The number of hydrogen-bond acceptors (Lipinski definition) is 3. The second kappa shape index (κ2) is 10.9. The minimum atomic E-state index is 0.635. The van der Waals surface area contributed by atoms with E-state index in [1.807, 2.05) is 12.1 Å². The molecule has 2 rings (SSSR count). The van der Waals surface area contributed by atoms with Crippen molar-refractivity contribution in [3.63, 3.8) is 0 Å². The summed E-state index contributed by atoms with van der Waals surface area (Å²) in [5, 5.41) is 6.78. The van der Waals surface area contributed by atoms with Crippen LogP contribution >= 0.6 is 0 Å². The van der Waals surface area contributed by atoms with Crippen LogP contribution in [0.15, 0.2) is 39.5 Å². The first-order valence-electron chi connectivity index (χ1n) is 8.60. The van der Waals surface area contributed by atoms with Crippen LogP contribution in [0.25, 0.3) is 0 Å². The Morgan fingerprint density at radius 3 is 2.83 bits per heavy atom. The van der Waals surface area contributed by atoms with Crippen molar-refractivity contribution in [3.05, 3.63) is 35.8 Å². The molecule has 0 amide bonds. The highest BCUT2D eigenvalue weighted by atomic mass is 16.5. The molecule has 1 aliphatic carbocycles. The standard InChI is InChI=1S/C18H29N3O2/c1-22-15-13-21-18(20-12-10-17-8-5-14-23-17)19-11-9-16-6-3-2-4-7-16/h5-6,8,14H,2-4,7,9-13,15H2,1H3,(H2,19,20,21). The molecule has 0 bridgehead atoms. The molecule has 1 aromatic heterocycles. The van der Waals surface area contributed by atoms with Crippen molar-refractivity contribution in [2.75, 3.05) is 33.4 Å². The van der Waals surface area contributed by atoms with E-state index in [2.05, 4.69) is 21.7 Å². The molecule has 1 aromatic rings. The van der Waals surface area contributed by atoms with Crippen molar-refractivity contribution in [1.29, 1.82) is 0 Å². The predicted octanol–water partition coefficient (Wildman–Crippen LogP) is 2.89. The number of furan rings is 1. The topological polar surface area (TPSA) is 58.8 Å². The van der Waals surface area contributed by atoms with Crippen molar-refractivity contribution < 1.29 is 9.15 Å². The predicted molar refractivity (Wildman–Crippen MR) is 93.8 cm³/mol. The van der Waals surface area contributed by atoms with Gasteiger partial charge in [0.05, 0.1) is 19.4 Å². The fraction of sp³-hybridized carbons (Fsp3) is 0.611. The summed E-state index contributed by atoms with van der Waals surface area (Å²) in [4.78, 5) is 4.53. The quantitative estimate of drug-likeness (QED) is 0.318. The normalized spacial score (nSPS) is 15.3. The van der Waals surface area contributed by atoms with E-state index in [-0.39, 0.29) is 0 Å². The van der Waals surface area contributed by atoms with Gasteiger partial charge in [0.15, 0.2) is 5.96 Å². The van der Waals surface area contributed by atoms with E-state index in [9.17, 15) is 0 Å². The van der Waals surface area contributed by atoms with Gasteiger partial charge in [0.2, 0.25) is 0 Å². The average Bonchev–Trinajstić information content (AvgIpc) is 3.09. The summed E-state index contributed by atoms with van der Waals surface area (Å²) < 4.78 is 10.4. The lowest BCUT2D eigenvalue weighted by molar-refractivity contribution is 0.208. The molecule has 0 saturated carbocycles. The maximum absolute atomic E-state index is 5.35. The van der Waals surface area contributed by atoms with Gasteiger partial charge in [-0.1, -0.05) is 11.6 Å². The van der Waals surface area contributed by atoms with E-state index in [1.54, 1.807) is 18.9 Å². The Kier molecular flexibility index (Phi) is 8.33. The lowest BCUT2D eigenvalue weighted by Gasteiger charge is -2.15. The summed E-state index contributed by atoms with van der Waals surface area (Å²) in [6.07, 6.45) is 11.2. The highest BCUT2D eigenvalue weighted by Gasteiger charge is 2.04. The first-order valence-corrected chi connectivity index (χ1v) is 8.60. The Morgan fingerprint density at radius 1 is 1.26 bits per heavy atom. The Hall–Kier alpha value is -1.75. The maximum Gasteiger partial charge on any atom is 0.191 e. The molecule has 1 aliphatic rings. The van der Waals surface area contributed by atoms with E-state index in [0.717, 1.165) is 37.7 Å². The van der Waals surface area contributed by atoms with Crippen LogP contribution < -0.4 is 10.6 Å². The Labute approximate surface area is 139 Å². The summed E-state index contributed by atoms with van der Waals surface area (Å²) >= 11 is 0. The highest BCUT2D eigenvalue weighted by molar-refractivity contribution is 5.79. The van der Waals surface area contributed by atoms with Gasteiger partial charge < -0.3 is 19.8 Å². The third-order valence-electron chi connectivity index (χ3n) is 3.93. The fourth-order valence-electron chi connectivity index (χ4n) is 2.66. The molecule has 128 valence electrons. The summed E-state index contributed by atoms with van der Waals surface area (Å²) in [6.45, 7) is 3.02. The van der Waals surface area contributed by atoms with Gasteiger partial charge in [0.1, 0.15) is 5.76 Å². The van der Waals surface area contributed by atoms with Crippen molar-refractivity contribution in [2.24, 2.45) is 4.99 Å². The Morgan fingerprint density at radius 2 is 2.13 bits per heavy atom. The van der Waals surface area contributed by atoms with Gasteiger partial charge in [-0.3, -0.25) is 4.99 Å². The van der Waals surface area contributed by atoms with Crippen LogP contribution in [0.3, 0.4) is 0 Å². The summed E-state index contributed by atoms with van der Waals surface area (Å²) in [5.74, 6) is 1.84. The molecule has 0 unspecified atom stereocenters. The monoisotopic (exact) mass is 319 g/mol. The molecule has 0 saturated heterocycles. The van der Waals surface area contributed by atoms with E-state index in [0.29, 0.717) is 13.2 Å². The van der Waals surface area contributed by atoms with E-state index in [4.69, 9.17) is 9.15 Å². The molecule has 23 heavy (non-hydrogen) atoms. The molecular weight excluding hydrogens is 290 g/mol. The second-order valence-electron chi connectivity index (χ2n) is 5.76. The number of nitrogens with one attached hydrogen (secondary N) is 2. The van der Waals surface area contributed by atoms with Crippen LogP contribution in [0.4, 0.5) is 0 Å². The van der Waals surface area contributed by atoms with Crippen LogP contribution in [0, 0.1) is 0 Å². The van der Waals surface area contributed by atoms with Crippen LogP contribution in [-0.2, 0) is 11.2 Å². The minimum Gasteiger partial charge on any atom is -0.469 e. The molecular formula is C18H29N3O2. The molecule has 2 N–H and O–H groups in total. The molecule has 0 aromatic carbocycles. The number of guanidine groups is 1. The number of hydrogen-bond donors (Lipinski definition) is 2. The highest BCUT2D eigenvalue weighted by Crippen LogP contribution is 2.19. The zero-order valence-electron chi connectivity index (χ0n) is 14.1. The number of nitrogens with zero attached hydrogens (tertiary/aromatic N) is 1. The molecule has 1 heterocycles. The van der Waals surface area contributed by atoms with Gasteiger partial charge in [-0.2, -0.15) is 0 Å². The van der Waals surface area contributed by atoms with Crippen molar-refractivity contribution in [1.82, 2.24) is 10.6 Å². The van der Waals surface area contributed by atoms with Crippen LogP contribution in [-0.4, -0.2) is 39.3 Å². The lowest BCUT2D eigenvalue weighted by Crippen LogP contribution is -2.39. The van der Waals surface area contributed by atoms with Gasteiger partial charge in [0.25, 0.3) is 0 Å². The number of aliphatic imine (C=N–C) groups is 1. The number of methoxy groups -OCH3 is 1. The number of allylic oxidation sites excluding steroid dienone is 1. The third kappa shape index (κ3) is 7.37. The van der Waals surface area contributed by atoms with Crippen LogP contribution in [0.2, 0.25) is 0 Å². The molecule has 0 aliphatic heterocycles. The van der Waals surface area contributed by atoms with Crippen molar-refractivity contribution >= 4 is 5.96 Å². The zero-order valence-corrected chi connectivity index (χ0v) is 14.1. The fourth-order valence-corrected chi connectivity index (χ4v) is 2.66. The largest absolute Gasteiger partial charge is 0.469 e. The third-order valence-corrected chi connectivity index (χ3v) is 3.93. The van der Waals surface area contributed by atoms with Gasteiger partial charge in [-0.15, -0.1) is 0 Å². The van der Waals surface area contributed by atoms with Gasteiger partial charge in [0, 0.05) is 26.6 Å². The van der Waals surface area contributed by atoms with Crippen molar-refractivity contribution in [3.8, 4) is 0 Å². The minimum absolute atomic E-state index is 0.635. The van der Waals surface area contributed by atoms with E-state index < -0.39 is 0 Å². The summed E-state index contributed by atoms with van der Waals surface area (Å²) in [6, 6.07) is 3.91. The average molecular weight is 319 g/mol. The maximum atomic E-state index is 5.35. The zero-order chi connectivity index (χ0) is 16.2. The summed E-state index contributed by atoms with van der Waals surface area (Å²) in [5.41, 5.74) is 1.58. The first kappa shape index (κ1) is 17.6. The molecule has 0 atom stereocenters. The Balaban J connectivity index is 1.71. The second-order valence-corrected chi connectivity index (χ2v) is 5.76. The molecule has 0 fully saturated rings. The van der Waals surface area contributed by atoms with Gasteiger partial charge in [-0.25, -0.2) is 0 Å². The summed E-state index contributed by atoms with van der Waals surface area (Å²) in [7, 11) is 1.70. The smallest absolute Gasteiger partial charge is 0.191 e. The Bertz CT molecular complexity index is 480. The van der Waals surface area contributed by atoms with Gasteiger partial charge in [-0.05, 0) is 44.2 Å². The van der Waals surface area contributed by atoms with Crippen molar-refractivity contribution in [2.45, 2.75) is 38.5 Å². The van der Waals surface area contributed by atoms with E-state index in [1.165, 1.54) is 25.7 Å². The SMILES string of the molecule is COCCN=C(NCCC1=CCCCC1)NCCc1ccco1. The number of ether oxygens (including phenoxy) is 1. The lowest BCUT2D eigenvalue weighted by atomic mass is 9.97. The first-order chi connectivity index (χ1) is 11.4. The molecule has 5 heteroatoms. The number of rotatable bonds is 9. The molecule has 0 spiro atoms. The van der Waals surface area contributed by atoms with Gasteiger partial charge >= 0.3 is 0 Å². The van der Waals surface area contributed by atoms with Crippen LogP contribution in [0.1, 0.15) is 37.9 Å².